The molecule has 3 atom stereocenters. The molecule has 0 aromatic rings. The zero-order valence-corrected chi connectivity index (χ0v) is 10.8. The lowest BCUT2D eigenvalue weighted by atomic mass is 9.77. The summed E-state index contributed by atoms with van der Waals surface area (Å²) < 4.78 is 0. The van der Waals surface area contributed by atoms with Crippen molar-refractivity contribution in [1.82, 2.24) is 10.2 Å². The molecule has 2 aliphatic heterocycles. The van der Waals surface area contributed by atoms with Gasteiger partial charge >= 0.3 is 0 Å². The molecule has 1 aliphatic carbocycles. The fraction of sp³-hybridized carbons (Fsp3) is 0.929. The van der Waals surface area contributed by atoms with Gasteiger partial charge in [0.1, 0.15) is 0 Å². The van der Waals surface area contributed by atoms with Crippen LogP contribution in [0.3, 0.4) is 0 Å². The molecule has 0 radical (unpaired) electrons. The topological polar surface area (TPSA) is 32.3 Å². The molecule has 3 heteroatoms. The maximum atomic E-state index is 12.5. The number of rotatable bonds is 2. The monoisotopic (exact) mass is 236 g/mol. The van der Waals surface area contributed by atoms with Crippen LogP contribution in [0.1, 0.15) is 32.6 Å². The summed E-state index contributed by atoms with van der Waals surface area (Å²) in [6.45, 7) is 6.28. The summed E-state index contributed by atoms with van der Waals surface area (Å²) in [4.78, 5) is 14.6. The van der Waals surface area contributed by atoms with Crippen LogP contribution in [0, 0.1) is 23.7 Å². The molecule has 3 nitrogen and oxygen atoms in total. The third kappa shape index (κ3) is 2.22. The van der Waals surface area contributed by atoms with Gasteiger partial charge in [-0.2, -0.15) is 0 Å². The fourth-order valence-corrected chi connectivity index (χ4v) is 3.77. The highest BCUT2D eigenvalue weighted by atomic mass is 16.2. The molecule has 0 spiro atoms. The van der Waals surface area contributed by atoms with Gasteiger partial charge in [0, 0.05) is 19.0 Å². The van der Waals surface area contributed by atoms with Crippen molar-refractivity contribution in [3.63, 3.8) is 0 Å². The zero-order chi connectivity index (χ0) is 11.8. The van der Waals surface area contributed by atoms with Crippen LogP contribution in [0.2, 0.25) is 0 Å². The molecule has 96 valence electrons. The standard InChI is InChI=1S/C14H24N2O/c1-10(13-6-15-7-13)14(17)16-8-11-3-2-4-12(5-11)9-16/h10-13,15H,2-9H2,1H3. The zero-order valence-electron chi connectivity index (χ0n) is 10.8. The Morgan fingerprint density at radius 2 is 1.88 bits per heavy atom. The van der Waals surface area contributed by atoms with E-state index in [1.807, 2.05) is 0 Å². The Hall–Kier alpha value is -0.570. The van der Waals surface area contributed by atoms with Crippen molar-refractivity contribution in [2.45, 2.75) is 32.6 Å². The van der Waals surface area contributed by atoms with Crippen molar-refractivity contribution in [3.05, 3.63) is 0 Å². The average Bonchev–Trinajstić information content (AvgIpc) is 2.25. The Bertz CT molecular complexity index is 289. The van der Waals surface area contributed by atoms with Crippen LogP contribution in [0.5, 0.6) is 0 Å². The molecular weight excluding hydrogens is 212 g/mol. The second-order valence-electron chi connectivity index (χ2n) is 6.35. The maximum absolute atomic E-state index is 12.5. The SMILES string of the molecule is CC(C(=O)N1CC2CCCC(C2)C1)C1CNC1. The van der Waals surface area contributed by atoms with Crippen LogP contribution in [0.15, 0.2) is 0 Å². The van der Waals surface area contributed by atoms with Crippen molar-refractivity contribution in [2.24, 2.45) is 23.7 Å². The van der Waals surface area contributed by atoms with E-state index in [0.717, 1.165) is 38.0 Å². The summed E-state index contributed by atoms with van der Waals surface area (Å²) in [5.74, 6) is 2.85. The molecule has 2 heterocycles. The van der Waals surface area contributed by atoms with Gasteiger partial charge in [0.05, 0.1) is 0 Å². The fourth-order valence-electron chi connectivity index (χ4n) is 3.77. The first-order chi connectivity index (χ1) is 8.24. The van der Waals surface area contributed by atoms with E-state index in [2.05, 4.69) is 17.1 Å². The van der Waals surface area contributed by atoms with E-state index < -0.39 is 0 Å². The second kappa shape index (κ2) is 4.60. The first-order valence-corrected chi connectivity index (χ1v) is 7.23. The quantitative estimate of drug-likeness (QED) is 0.788. The van der Waals surface area contributed by atoms with E-state index in [-0.39, 0.29) is 5.92 Å². The number of nitrogens with one attached hydrogen (secondary N) is 1. The molecule has 0 aromatic heterocycles. The number of amides is 1. The third-order valence-electron chi connectivity index (χ3n) is 5.07. The minimum absolute atomic E-state index is 0.232. The van der Waals surface area contributed by atoms with Gasteiger partial charge in [0.15, 0.2) is 0 Å². The van der Waals surface area contributed by atoms with Gasteiger partial charge in [-0.3, -0.25) is 4.79 Å². The molecule has 17 heavy (non-hydrogen) atoms. The second-order valence-corrected chi connectivity index (χ2v) is 6.35. The van der Waals surface area contributed by atoms with E-state index in [4.69, 9.17) is 0 Å². The minimum Gasteiger partial charge on any atom is -0.342 e. The normalized spacial score (nSPS) is 35.2. The number of nitrogens with zero attached hydrogens (tertiary/aromatic N) is 1. The van der Waals surface area contributed by atoms with Crippen LogP contribution in [0.4, 0.5) is 0 Å². The molecule has 1 N–H and O–H groups in total. The number of carbonyl (C=O) groups is 1. The summed E-state index contributed by atoms with van der Waals surface area (Å²) in [7, 11) is 0. The van der Waals surface area contributed by atoms with Gasteiger partial charge in [-0.25, -0.2) is 0 Å². The van der Waals surface area contributed by atoms with Crippen LogP contribution in [-0.2, 0) is 4.79 Å². The lowest BCUT2D eigenvalue weighted by Crippen LogP contribution is -2.53. The Morgan fingerprint density at radius 3 is 2.41 bits per heavy atom. The molecule has 3 fully saturated rings. The Balaban J connectivity index is 1.61. The summed E-state index contributed by atoms with van der Waals surface area (Å²) in [6, 6.07) is 0. The van der Waals surface area contributed by atoms with E-state index in [1.165, 1.54) is 25.7 Å². The van der Waals surface area contributed by atoms with Gasteiger partial charge < -0.3 is 10.2 Å². The maximum Gasteiger partial charge on any atom is 0.225 e. The Morgan fingerprint density at radius 1 is 1.24 bits per heavy atom. The first kappa shape index (κ1) is 11.5. The van der Waals surface area contributed by atoms with Crippen molar-refractivity contribution in [1.29, 1.82) is 0 Å². The Labute approximate surface area is 104 Å². The van der Waals surface area contributed by atoms with Crippen LogP contribution in [-0.4, -0.2) is 37.0 Å². The van der Waals surface area contributed by atoms with E-state index in [1.54, 1.807) is 0 Å². The number of fused-ring (bicyclic) bond motifs is 2. The van der Waals surface area contributed by atoms with Gasteiger partial charge in [-0.05, 0) is 50.1 Å². The van der Waals surface area contributed by atoms with Crippen molar-refractivity contribution in [3.8, 4) is 0 Å². The van der Waals surface area contributed by atoms with E-state index in [9.17, 15) is 4.79 Å². The predicted molar refractivity (Wildman–Crippen MR) is 67.6 cm³/mol. The first-order valence-electron chi connectivity index (χ1n) is 7.23. The molecular formula is C14H24N2O. The van der Waals surface area contributed by atoms with Crippen LogP contribution < -0.4 is 5.32 Å². The lowest BCUT2D eigenvalue weighted by molar-refractivity contribution is -0.141. The smallest absolute Gasteiger partial charge is 0.225 e. The Kier molecular flexibility index (Phi) is 3.12. The molecule has 2 bridgehead atoms. The number of hydrogen-bond acceptors (Lipinski definition) is 2. The van der Waals surface area contributed by atoms with Crippen molar-refractivity contribution in [2.75, 3.05) is 26.2 Å². The van der Waals surface area contributed by atoms with Crippen molar-refractivity contribution < 1.29 is 4.79 Å². The lowest BCUT2D eigenvalue weighted by Gasteiger charge is -2.43. The van der Waals surface area contributed by atoms with Gasteiger partial charge in [0.2, 0.25) is 5.91 Å². The molecule has 1 saturated carbocycles. The molecule has 1 amide bonds. The largest absolute Gasteiger partial charge is 0.342 e. The molecule has 0 aromatic carbocycles. The molecule has 3 rings (SSSR count). The number of carbonyl (C=O) groups excluding carboxylic acids is 1. The summed E-state index contributed by atoms with van der Waals surface area (Å²) in [6.07, 6.45) is 5.46. The van der Waals surface area contributed by atoms with Crippen molar-refractivity contribution >= 4 is 5.91 Å². The van der Waals surface area contributed by atoms with Crippen LogP contribution >= 0.6 is 0 Å². The summed E-state index contributed by atoms with van der Waals surface area (Å²) >= 11 is 0. The molecule has 2 saturated heterocycles. The molecule has 3 aliphatic rings. The van der Waals surface area contributed by atoms with Gasteiger partial charge in [0.25, 0.3) is 0 Å². The highest BCUT2D eigenvalue weighted by molar-refractivity contribution is 5.79. The number of hydrogen-bond donors (Lipinski definition) is 1. The predicted octanol–water partition coefficient (Wildman–Crippen LogP) is 1.49. The number of piperidine rings is 1. The van der Waals surface area contributed by atoms with Gasteiger partial charge in [-0.15, -0.1) is 0 Å². The highest BCUT2D eigenvalue weighted by Crippen LogP contribution is 2.35. The third-order valence-corrected chi connectivity index (χ3v) is 5.07. The van der Waals surface area contributed by atoms with E-state index in [0.29, 0.717) is 11.8 Å². The van der Waals surface area contributed by atoms with E-state index >= 15 is 0 Å². The number of likely N-dealkylation sites (tertiary alicyclic amines) is 1. The summed E-state index contributed by atoms with van der Waals surface area (Å²) in [5, 5.41) is 3.27. The highest BCUT2D eigenvalue weighted by Gasteiger charge is 2.37. The van der Waals surface area contributed by atoms with Crippen LogP contribution in [0.25, 0.3) is 0 Å². The molecule has 3 unspecified atom stereocenters. The average molecular weight is 236 g/mol. The minimum atomic E-state index is 0.232. The van der Waals surface area contributed by atoms with Gasteiger partial charge in [-0.1, -0.05) is 13.3 Å². The summed E-state index contributed by atoms with van der Waals surface area (Å²) in [5.41, 5.74) is 0.